The van der Waals surface area contributed by atoms with Crippen LogP contribution in [0.25, 0.3) is 5.82 Å². The maximum atomic E-state index is 8.96. The molecule has 4 nitrogen and oxygen atoms in total. The van der Waals surface area contributed by atoms with E-state index in [1.54, 1.807) is 16.9 Å². The van der Waals surface area contributed by atoms with Gasteiger partial charge in [0, 0.05) is 12.4 Å². The minimum absolute atomic E-state index is 0.0236. The molecule has 0 amide bonds. The molecule has 2 aromatic rings. The van der Waals surface area contributed by atoms with E-state index in [0.717, 1.165) is 17.1 Å². The second kappa shape index (κ2) is 3.59. The summed E-state index contributed by atoms with van der Waals surface area (Å²) in [6, 6.07) is 5.50. The van der Waals surface area contributed by atoms with Crippen molar-refractivity contribution in [1.82, 2.24) is 14.8 Å². The molecule has 1 N–H and O–H groups in total. The van der Waals surface area contributed by atoms with Gasteiger partial charge < -0.3 is 5.11 Å². The lowest BCUT2D eigenvalue weighted by atomic mass is 10.3. The van der Waals surface area contributed by atoms with E-state index in [-0.39, 0.29) is 6.61 Å². The van der Waals surface area contributed by atoms with Gasteiger partial charge in [0.15, 0.2) is 5.82 Å². The van der Waals surface area contributed by atoms with E-state index in [2.05, 4.69) is 10.1 Å². The summed E-state index contributed by atoms with van der Waals surface area (Å²) >= 11 is 0. The fourth-order valence-corrected chi connectivity index (χ4v) is 1.23. The molecule has 0 aromatic carbocycles. The zero-order chi connectivity index (χ0) is 9.97. The van der Waals surface area contributed by atoms with Crippen LogP contribution in [0.4, 0.5) is 0 Å². The Balaban J connectivity index is 2.41. The van der Waals surface area contributed by atoms with E-state index in [1.807, 2.05) is 25.3 Å². The lowest BCUT2D eigenvalue weighted by Crippen LogP contribution is -1.99. The Bertz CT molecular complexity index is 436. The number of aliphatic hydroxyl groups is 1. The number of hydrogen-bond acceptors (Lipinski definition) is 3. The number of aromatic nitrogens is 3. The van der Waals surface area contributed by atoms with Crippen LogP contribution in [0.2, 0.25) is 0 Å². The number of rotatable bonds is 2. The fraction of sp³-hybridized carbons (Fsp3) is 0.200. The van der Waals surface area contributed by atoms with Gasteiger partial charge in [-0.3, -0.25) is 0 Å². The second-order valence-electron chi connectivity index (χ2n) is 3.08. The lowest BCUT2D eigenvalue weighted by Gasteiger charge is -2.01. The summed E-state index contributed by atoms with van der Waals surface area (Å²) < 4.78 is 1.69. The van der Waals surface area contributed by atoms with Crippen molar-refractivity contribution in [1.29, 1.82) is 0 Å². The van der Waals surface area contributed by atoms with Gasteiger partial charge in [-0.15, -0.1) is 0 Å². The molecule has 0 atom stereocenters. The van der Waals surface area contributed by atoms with Crippen LogP contribution in [0.1, 0.15) is 11.3 Å². The van der Waals surface area contributed by atoms with Crippen molar-refractivity contribution >= 4 is 0 Å². The molecule has 72 valence electrons. The zero-order valence-electron chi connectivity index (χ0n) is 7.88. The lowest BCUT2D eigenvalue weighted by molar-refractivity contribution is 0.281. The van der Waals surface area contributed by atoms with E-state index in [4.69, 9.17) is 5.11 Å². The van der Waals surface area contributed by atoms with Crippen LogP contribution < -0.4 is 0 Å². The molecule has 4 heteroatoms. The predicted octanol–water partition coefficient (Wildman–Crippen LogP) is 1.07. The summed E-state index contributed by atoms with van der Waals surface area (Å²) in [5.74, 6) is 0.727. The van der Waals surface area contributed by atoms with Gasteiger partial charge in [-0.05, 0) is 30.7 Å². The summed E-state index contributed by atoms with van der Waals surface area (Å²) in [6.07, 6.45) is 3.51. The average molecular weight is 189 g/mol. The highest BCUT2D eigenvalue weighted by atomic mass is 16.3. The van der Waals surface area contributed by atoms with Crippen LogP contribution in [-0.2, 0) is 6.61 Å². The first-order chi connectivity index (χ1) is 6.79. The van der Waals surface area contributed by atoms with Crippen molar-refractivity contribution in [2.24, 2.45) is 0 Å². The second-order valence-corrected chi connectivity index (χ2v) is 3.08. The third kappa shape index (κ3) is 1.65. The van der Waals surface area contributed by atoms with Gasteiger partial charge in [0.1, 0.15) is 0 Å². The summed E-state index contributed by atoms with van der Waals surface area (Å²) in [7, 11) is 0. The predicted molar refractivity (Wildman–Crippen MR) is 52.0 cm³/mol. The molecule has 0 aliphatic rings. The number of nitrogens with zero attached hydrogens (tertiary/aromatic N) is 3. The van der Waals surface area contributed by atoms with Crippen LogP contribution >= 0.6 is 0 Å². The Morgan fingerprint density at radius 1 is 1.43 bits per heavy atom. The topological polar surface area (TPSA) is 50.9 Å². The zero-order valence-corrected chi connectivity index (χ0v) is 7.88. The van der Waals surface area contributed by atoms with Crippen LogP contribution in [0.3, 0.4) is 0 Å². The Morgan fingerprint density at radius 2 is 2.29 bits per heavy atom. The minimum Gasteiger partial charge on any atom is -0.392 e. The van der Waals surface area contributed by atoms with Gasteiger partial charge >= 0.3 is 0 Å². The largest absolute Gasteiger partial charge is 0.392 e. The molecule has 0 spiro atoms. The summed E-state index contributed by atoms with van der Waals surface area (Å²) in [6.45, 7) is 1.95. The highest BCUT2D eigenvalue weighted by Crippen LogP contribution is 2.06. The first kappa shape index (κ1) is 8.90. The van der Waals surface area contributed by atoms with Gasteiger partial charge in [-0.25, -0.2) is 9.67 Å². The molecule has 0 aliphatic carbocycles. The molecule has 14 heavy (non-hydrogen) atoms. The molecule has 0 aliphatic heterocycles. The Hall–Kier alpha value is -1.68. The molecule has 0 bridgehead atoms. The molecule has 2 rings (SSSR count). The number of aryl methyl sites for hydroxylation is 1. The molecular weight excluding hydrogens is 178 g/mol. The maximum Gasteiger partial charge on any atom is 0.153 e. The normalized spacial score (nSPS) is 10.4. The van der Waals surface area contributed by atoms with E-state index < -0.39 is 0 Å². The van der Waals surface area contributed by atoms with Crippen molar-refractivity contribution in [3.8, 4) is 5.82 Å². The van der Waals surface area contributed by atoms with Crippen LogP contribution in [0.5, 0.6) is 0 Å². The van der Waals surface area contributed by atoms with E-state index in [9.17, 15) is 0 Å². The van der Waals surface area contributed by atoms with Crippen molar-refractivity contribution in [2.45, 2.75) is 13.5 Å². The van der Waals surface area contributed by atoms with E-state index >= 15 is 0 Å². The smallest absolute Gasteiger partial charge is 0.153 e. The third-order valence-electron chi connectivity index (χ3n) is 1.95. The standard InChI is InChI=1S/C10H11N3O/c1-8-3-5-13(12-8)10-6-9(7-14)2-4-11-10/h2-6,14H,7H2,1H3. The van der Waals surface area contributed by atoms with Crippen molar-refractivity contribution in [2.75, 3.05) is 0 Å². The average Bonchev–Trinajstić information content (AvgIpc) is 2.65. The Morgan fingerprint density at radius 3 is 2.93 bits per heavy atom. The van der Waals surface area contributed by atoms with Gasteiger partial charge in [-0.1, -0.05) is 0 Å². The van der Waals surface area contributed by atoms with Crippen LogP contribution in [0, 0.1) is 6.92 Å². The van der Waals surface area contributed by atoms with Crippen LogP contribution in [0.15, 0.2) is 30.6 Å². The van der Waals surface area contributed by atoms with Gasteiger partial charge in [-0.2, -0.15) is 5.10 Å². The first-order valence-electron chi connectivity index (χ1n) is 4.38. The van der Waals surface area contributed by atoms with Crippen molar-refractivity contribution < 1.29 is 5.11 Å². The maximum absolute atomic E-state index is 8.96. The minimum atomic E-state index is 0.0236. The number of hydrogen-bond donors (Lipinski definition) is 1. The monoisotopic (exact) mass is 189 g/mol. The van der Waals surface area contributed by atoms with Crippen molar-refractivity contribution in [3.63, 3.8) is 0 Å². The molecular formula is C10H11N3O. The Labute approximate surface area is 81.8 Å². The fourth-order valence-electron chi connectivity index (χ4n) is 1.23. The SMILES string of the molecule is Cc1ccn(-c2cc(CO)ccn2)n1. The highest BCUT2D eigenvalue weighted by Gasteiger charge is 2.00. The molecule has 0 saturated carbocycles. The molecule has 2 heterocycles. The van der Waals surface area contributed by atoms with Crippen molar-refractivity contribution in [3.05, 3.63) is 41.9 Å². The summed E-state index contributed by atoms with van der Waals surface area (Å²) in [5.41, 5.74) is 1.78. The summed E-state index contributed by atoms with van der Waals surface area (Å²) in [5, 5.41) is 13.2. The third-order valence-corrected chi connectivity index (χ3v) is 1.95. The molecule has 2 aromatic heterocycles. The quantitative estimate of drug-likeness (QED) is 0.768. The van der Waals surface area contributed by atoms with Gasteiger partial charge in [0.2, 0.25) is 0 Å². The summed E-state index contributed by atoms with van der Waals surface area (Å²) in [4.78, 5) is 4.16. The highest BCUT2D eigenvalue weighted by molar-refractivity contribution is 5.26. The molecule has 0 fully saturated rings. The molecule has 0 saturated heterocycles. The van der Waals surface area contributed by atoms with E-state index in [0.29, 0.717) is 0 Å². The van der Waals surface area contributed by atoms with Gasteiger partial charge in [0.25, 0.3) is 0 Å². The van der Waals surface area contributed by atoms with E-state index in [1.165, 1.54) is 0 Å². The Kier molecular flexibility index (Phi) is 2.28. The first-order valence-corrected chi connectivity index (χ1v) is 4.38. The number of pyridine rings is 1. The molecule has 0 unspecified atom stereocenters. The molecule has 0 radical (unpaired) electrons. The van der Waals surface area contributed by atoms with Crippen LogP contribution in [-0.4, -0.2) is 19.9 Å². The van der Waals surface area contributed by atoms with Gasteiger partial charge in [0.05, 0.1) is 12.3 Å². The number of aliphatic hydroxyl groups excluding tert-OH is 1.